The normalized spacial score (nSPS) is 17.5. The number of fused-ring (bicyclic) bond motifs is 1. The number of aromatic nitrogens is 4. The molecule has 2 N–H and O–H groups in total. The molecule has 4 heterocycles. The van der Waals surface area contributed by atoms with Gasteiger partial charge in [0.1, 0.15) is 11.4 Å². The van der Waals surface area contributed by atoms with Crippen LogP contribution in [0.15, 0.2) is 40.5 Å². The first-order valence-electron chi connectivity index (χ1n) is 12.7. The molecule has 0 saturated heterocycles. The van der Waals surface area contributed by atoms with Crippen molar-refractivity contribution in [3.63, 3.8) is 0 Å². The van der Waals surface area contributed by atoms with Crippen LogP contribution >= 0.6 is 11.8 Å². The quantitative estimate of drug-likeness (QED) is 0.454. The topological polar surface area (TPSA) is 123 Å². The lowest BCUT2D eigenvalue weighted by molar-refractivity contribution is 0.0978. The van der Waals surface area contributed by atoms with Crippen molar-refractivity contribution < 1.29 is 18.3 Å². The van der Waals surface area contributed by atoms with Gasteiger partial charge in [-0.05, 0) is 61.6 Å². The fourth-order valence-corrected chi connectivity index (χ4v) is 5.18. The minimum Gasteiger partial charge on any atom is -0.494 e. The molecule has 0 bridgehead atoms. The van der Waals surface area contributed by atoms with Crippen molar-refractivity contribution in [1.82, 2.24) is 30.5 Å². The first-order valence-corrected chi connectivity index (χ1v) is 13.5. The third-order valence-corrected chi connectivity index (χ3v) is 7.54. The number of thioether (sulfide) groups is 1. The molecule has 1 unspecified atom stereocenters. The van der Waals surface area contributed by atoms with Gasteiger partial charge in [-0.1, -0.05) is 11.8 Å². The smallest absolute Gasteiger partial charge is 0.280 e. The van der Waals surface area contributed by atoms with Crippen molar-refractivity contribution in [3.05, 3.63) is 63.5 Å². The monoisotopic (exact) mass is 563 g/mol. The van der Waals surface area contributed by atoms with Crippen LogP contribution in [0.5, 0.6) is 5.75 Å². The van der Waals surface area contributed by atoms with Crippen LogP contribution in [0.4, 0.5) is 8.78 Å². The molecular formula is C27H23F2N7O3S. The van der Waals surface area contributed by atoms with E-state index in [4.69, 9.17) is 4.74 Å². The van der Waals surface area contributed by atoms with Crippen molar-refractivity contribution in [2.24, 2.45) is 11.0 Å². The molecule has 10 nitrogen and oxygen atoms in total. The lowest BCUT2D eigenvalue weighted by atomic mass is 10.00. The summed E-state index contributed by atoms with van der Waals surface area (Å²) in [6.45, 7) is 0. The van der Waals surface area contributed by atoms with E-state index in [0.29, 0.717) is 11.1 Å². The average molecular weight is 564 g/mol. The van der Waals surface area contributed by atoms with E-state index in [1.807, 2.05) is 0 Å². The number of ether oxygens (including phenoxy) is 1. The molecule has 13 heteroatoms. The number of pyridine rings is 2. The Morgan fingerprint density at radius 3 is 2.80 bits per heavy atom. The third kappa shape index (κ3) is 5.27. The number of hydrogen-bond acceptors (Lipinski definition) is 9. The first kappa shape index (κ1) is 25.9. The van der Waals surface area contributed by atoms with Gasteiger partial charge in [0, 0.05) is 29.3 Å². The summed E-state index contributed by atoms with van der Waals surface area (Å²) in [5.74, 6) is 6.39. The van der Waals surface area contributed by atoms with E-state index in [2.05, 4.69) is 42.8 Å². The molecule has 40 heavy (non-hydrogen) atoms. The second-order valence-electron chi connectivity index (χ2n) is 9.48. The zero-order valence-corrected chi connectivity index (χ0v) is 22.1. The number of amides is 1. The van der Waals surface area contributed by atoms with E-state index in [9.17, 15) is 18.4 Å². The summed E-state index contributed by atoms with van der Waals surface area (Å²) < 4.78 is 33.8. The van der Waals surface area contributed by atoms with Gasteiger partial charge in [0.25, 0.3) is 17.9 Å². The fourth-order valence-electron chi connectivity index (χ4n) is 4.47. The minimum atomic E-state index is -2.85. The van der Waals surface area contributed by atoms with Gasteiger partial charge >= 0.3 is 0 Å². The minimum absolute atomic E-state index is 0.0542. The second kappa shape index (κ2) is 10.7. The molecular weight excluding hydrogens is 540 g/mol. The molecule has 0 radical (unpaired) electrons. The molecule has 6 rings (SSSR count). The summed E-state index contributed by atoms with van der Waals surface area (Å²) in [7, 11) is 1.37. The molecule has 1 saturated carbocycles. The Balaban J connectivity index is 1.39. The average Bonchev–Trinajstić information content (AvgIpc) is 3.50. The van der Waals surface area contributed by atoms with Crippen molar-refractivity contribution in [1.29, 1.82) is 0 Å². The molecule has 1 atom stereocenters. The summed E-state index contributed by atoms with van der Waals surface area (Å²) in [5, 5.41) is 11.4. The largest absolute Gasteiger partial charge is 0.494 e. The summed E-state index contributed by atoms with van der Waals surface area (Å²) in [6, 6.07) is 4.15. The third-order valence-electron chi connectivity index (χ3n) is 6.66. The number of methoxy groups -OCH3 is 1. The van der Waals surface area contributed by atoms with Gasteiger partial charge in [0.05, 0.1) is 24.6 Å². The number of nitrogens with one attached hydrogen (secondary N) is 2. The van der Waals surface area contributed by atoms with Crippen LogP contribution in [0.3, 0.4) is 0 Å². The molecule has 1 aliphatic heterocycles. The Bertz CT molecular complexity index is 1660. The Morgan fingerprint density at radius 1 is 1.18 bits per heavy atom. The highest BCUT2D eigenvalue weighted by Crippen LogP contribution is 2.35. The number of carbonyl (C=O) groups is 1. The van der Waals surface area contributed by atoms with E-state index >= 15 is 0 Å². The SMILES string of the molecule is COc1cnc(C(F)F)cc1-c1cc(-n2nc3c(cc2=O)CCC3)ncc1C(=O)NC1=NNC(C#CC2CC2)S1. The van der Waals surface area contributed by atoms with E-state index in [0.717, 1.165) is 54.1 Å². The molecule has 204 valence electrons. The molecule has 2 aliphatic carbocycles. The zero-order valence-electron chi connectivity index (χ0n) is 21.3. The first-order chi connectivity index (χ1) is 19.4. The van der Waals surface area contributed by atoms with Crippen LogP contribution in [-0.4, -0.2) is 43.3 Å². The highest BCUT2D eigenvalue weighted by Gasteiger charge is 2.26. The maximum atomic E-state index is 13.6. The van der Waals surface area contributed by atoms with Crippen LogP contribution in [0.1, 0.15) is 53.0 Å². The van der Waals surface area contributed by atoms with E-state index < -0.39 is 18.0 Å². The Morgan fingerprint density at radius 2 is 2.02 bits per heavy atom. The van der Waals surface area contributed by atoms with E-state index in [-0.39, 0.29) is 39.2 Å². The van der Waals surface area contributed by atoms with Gasteiger partial charge in [-0.3, -0.25) is 25.3 Å². The van der Waals surface area contributed by atoms with Gasteiger partial charge in [-0.15, -0.1) is 0 Å². The van der Waals surface area contributed by atoms with Crippen molar-refractivity contribution in [2.75, 3.05) is 7.11 Å². The summed E-state index contributed by atoms with van der Waals surface area (Å²) >= 11 is 1.26. The van der Waals surface area contributed by atoms with Crippen LogP contribution in [0, 0.1) is 17.8 Å². The number of rotatable bonds is 5. The van der Waals surface area contributed by atoms with Crippen LogP contribution in [-0.2, 0) is 12.8 Å². The number of hydrogen-bond donors (Lipinski definition) is 2. The molecule has 3 aromatic rings. The number of halogens is 2. The summed E-state index contributed by atoms with van der Waals surface area (Å²) in [4.78, 5) is 34.5. The number of nitrogens with zero attached hydrogens (tertiary/aromatic N) is 5. The van der Waals surface area contributed by atoms with Crippen LogP contribution in [0.2, 0.25) is 0 Å². The highest BCUT2D eigenvalue weighted by molar-refractivity contribution is 8.14. The molecule has 0 spiro atoms. The van der Waals surface area contributed by atoms with Gasteiger partial charge in [-0.25, -0.2) is 13.8 Å². The van der Waals surface area contributed by atoms with Crippen LogP contribution < -0.4 is 21.0 Å². The molecule has 3 aromatic heterocycles. The molecule has 3 aliphatic rings. The summed E-state index contributed by atoms with van der Waals surface area (Å²) in [5.41, 5.74) is 4.15. The maximum absolute atomic E-state index is 13.6. The number of aryl methyl sites for hydroxylation is 2. The number of amidine groups is 1. The lowest BCUT2D eigenvalue weighted by Crippen LogP contribution is -2.29. The van der Waals surface area contributed by atoms with Crippen LogP contribution in [0.25, 0.3) is 16.9 Å². The van der Waals surface area contributed by atoms with E-state index in [1.165, 1.54) is 43.4 Å². The Labute approximate surface area is 231 Å². The predicted octanol–water partition coefficient (Wildman–Crippen LogP) is 3.20. The molecule has 0 aromatic carbocycles. The van der Waals surface area contributed by atoms with Gasteiger partial charge in [0.15, 0.2) is 16.4 Å². The zero-order chi connectivity index (χ0) is 27.8. The fraction of sp³-hybridized carbons (Fsp3) is 0.333. The predicted molar refractivity (Wildman–Crippen MR) is 144 cm³/mol. The van der Waals surface area contributed by atoms with Gasteiger partial charge in [-0.2, -0.15) is 14.9 Å². The van der Waals surface area contributed by atoms with Crippen molar-refractivity contribution in [3.8, 4) is 34.5 Å². The number of alkyl halides is 2. The molecule has 1 fully saturated rings. The van der Waals surface area contributed by atoms with Crippen molar-refractivity contribution >= 4 is 22.8 Å². The number of hydrazone groups is 1. The standard InChI is InChI=1S/C27H23F2N7O3S/c1-39-21-13-30-20(25(28)29)10-17(21)16-11-22(36-24(37)9-15-3-2-4-19(15)35-36)31-12-18(16)26(38)32-27-34-33-23(40-27)8-7-14-5-6-14/h9-14,23,25,33H,2-6H2,1H3,(H,32,34,38). The summed E-state index contributed by atoms with van der Waals surface area (Å²) in [6.07, 6.45) is 4.21. The Hall–Kier alpha value is -4.31. The van der Waals surface area contributed by atoms with Gasteiger partial charge in [0.2, 0.25) is 0 Å². The second-order valence-corrected chi connectivity index (χ2v) is 10.6. The molecule has 1 amide bonds. The Kier molecular flexibility index (Phi) is 6.93. The number of carbonyl (C=O) groups excluding carboxylic acids is 1. The maximum Gasteiger partial charge on any atom is 0.280 e. The van der Waals surface area contributed by atoms with E-state index in [1.54, 1.807) is 0 Å². The van der Waals surface area contributed by atoms with Crippen molar-refractivity contribution in [2.45, 2.75) is 43.9 Å². The highest BCUT2D eigenvalue weighted by atomic mass is 32.2. The lowest BCUT2D eigenvalue weighted by Gasteiger charge is -2.15. The van der Waals surface area contributed by atoms with Gasteiger partial charge < -0.3 is 4.74 Å².